The summed E-state index contributed by atoms with van der Waals surface area (Å²) in [5.74, 6) is 1.34. The van der Waals surface area contributed by atoms with Crippen molar-refractivity contribution in [3.8, 4) is 5.75 Å². The summed E-state index contributed by atoms with van der Waals surface area (Å²) in [4.78, 5) is 2.51. The van der Waals surface area contributed by atoms with Gasteiger partial charge in [0, 0.05) is 19.6 Å². The molecule has 1 aromatic rings. The van der Waals surface area contributed by atoms with E-state index >= 15 is 0 Å². The van der Waals surface area contributed by atoms with Crippen LogP contribution in [0.3, 0.4) is 0 Å². The minimum Gasteiger partial charge on any atom is -0.508 e. The van der Waals surface area contributed by atoms with Crippen LogP contribution in [0.15, 0.2) is 18.2 Å². The van der Waals surface area contributed by atoms with Crippen LogP contribution in [-0.4, -0.2) is 16.6 Å². The Bertz CT molecular complexity index is 371. The maximum Gasteiger partial charge on any atom is 0.115 e. The van der Waals surface area contributed by atoms with Gasteiger partial charge >= 0.3 is 0 Å². The van der Waals surface area contributed by atoms with E-state index in [1.807, 2.05) is 6.07 Å². The fraction of sp³-hybridized carbons (Fsp3) is 0.538. The molecular weight excluding hydrogens is 186 g/mol. The van der Waals surface area contributed by atoms with E-state index in [-0.39, 0.29) is 0 Å². The second-order valence-electron chi connectivity index (χ2n) is 4.92. The van der Waals surface area contributed by atoms with Gasteiger partial charge in [-0.15, -0.1) is 0 Å². The lowest BCUT2D eigenvalue weighted by atomic mass is 9.85. The monoisotopic (exact) mass is 203 g/mol. The number of phenolic OH excluding ortho intramolecular Hbond substituents is 1. The van der Waals surface area contributed by atoms with Crippen molar-refractivity contribution in [2.24, 2.45) is 5.92 Å². The van der Waals surface area contributed by atoms with Crippen LogP contribution in [0.2, 0.25) is 0 Å². The molecule has 0 aromatic heterocycles. The Hall–Kier alpha value is -1.02. The highest BCUT2D eigenvalue weighted by Crippen LogP contribution is 2.31. The van der Waals surface area contributed by atoms with Gasteiger partial charge in [-0.3, -0.25) is 4.90 Å². The smallest absolute Gasteiger partial charge is 0.115 e. The van der Waals surface area contributed by atoms with Crippen molar-refractivity contribution < 1.29 is 5.11 Å². The fourth-order valence-corrected chi connectivity index (χ4v) is 2.62. The van der Waals surface area contributed by atoms with Crippen molar-refractivity contribution in [2.75, 3.05) is 6.54 Å². The standard InChI is InChI=1S/C13H17NO/c15-13-5-4-11-8-14(9-12(11)6-13)7-10-2-1-3-10/h4-6,10,15H,1-3,7-9H2. The van der Waals surface area contributed by atoms with Gasteiger partial charge in [-0.1, -0.05) is 12.5 Å². The first-order chi connectivity index (χ1) is 7.31. The Balaban J connectivity index is 1.68. The molecule has 15 heavy (non-hydrogen) atoms. The summed E-state index contributed by atoms with van der Waals surface area (Å²) in [5, 5.41) is 9.40. The zero-order valence-corrected chi connectivity index (χ0v) is 8.95. The molecule has 2 heteroatoms. The highest BCUT2D eigenvalue weighted by molar-refractivity contribution is 5.37. The Morgan fingerprint density at radius 2 is 2.00 bits per heavy atom. The predicted octanol–water partition coefficient (Wildman–Crippen LogP) is 2.51. The van der Waals surface area contributed by atoms with Crippen LogP contribution in [0.1, 0.15) is 30.4 Å². The molecule has 1 N–H and O–H groups in total. The van der Waals surface area contributed by atoms with Crippen LogP contribution in [0.25, 0.3) is 0 Å². The Morgan fingerprint density at radius 3 is 2.73 bits per heavy atom. The average Bonchev–Trinajstić information content (AvgIpc) is 2.53. The molecule has 0 bridgehead atoms. The number of hydrogen-bond acceptors (Lipinski definition) is 2. The van der Waals surface area contributed by atoms with Crippen molar-refractivity contribution >= 4 is 0 Å². The maximum atomic E-state index is 9.40. The average molecular weight is 203 g/mol. The number of fused-ring (bicyclic) bond motifs is 1. The zero-order valence-electron chi connectivity index (χ0n) is 8.95. The molecule has 2 nitrogen and oxygen atoms in total. The highest BCUT2D eigenvalue weighted by atomic mass is 16.3. The van der Waals surface area contributed by atoms with Crippen LogP contribution in [0.4, 0.5) is 0 Å². The number of nitrogens with zero attached hydrogens (tertiary/aromatic N) is 1. The summed E-state index contributed by atoms with van der Waals surface area (Å²) in [6, 6.07) is 5.77. The second kappa shape index (κ2) is 3.53. The van der Waals surface area contributed by atoms with E-state index in [1.54, 1.807) is 6.07 Å². The highest BCUT2D eigenvalue weighted by Gasteiger charge is 2.25. The molecule has 1 fully saturated rings. The van der Waals surface area contributed by atoms with Crippen molar-refractivity contribution in [3.05, 3.63) is 29.3 Å². The van der Waals surface area contributed by atoms with Gasteiger partial charge in [0.25, 0.3) is 0 Å². The van der Waals surface area contributed by atoms with Crippen LogP contribution >= 0.6 is 0 Å². The quantitative estimate of drug-likeness (QED) is 0.798. The van der Waals surface area contributed by atoms with Crippen LogP contribution in [-0.2, 0) is 13.1 Å². The first-order valence-electron chi connectivity index (χ1n) is 5.84. The molecule has 0 spiro atoms. The second-order valence-corrected chi connectivity index (χ2v) is 4.92. The van der Waals surface area contributed by atoms with Gasteiger partial charge in [0.1, 0.15) is 5.75 Å². The number of phenols is 1. The van der Waals surface area contributed by atoms with Gasteiger partial charge in [-0.05, 0) is 42.0 Å². The van der Waals surface area contributed by atoms with E-state index in [0.717, 1.165) is 19.0 Å². The van der Waals surface area contributed by atoms with E-state index < -0.39 is 0 Å². The summed E-state index contributed by atoms with van der Waals surface area (Å²) in [5.41, 5.74) is 2.71. The van der Waals surface area contributed by atoms with Gasteiger partial charge in [-0.2, -0.15) is 0 Å². The molecule has 80 valence electrons. The summed E-state index contributed by atoms with van der Waals surface area (Å²) >= 11 is 0. The van der Waals surface area contributed by atoms with Crippen LogP contribution in [0.5, 0.6) is 5.75 Å². The predicted molar refractivity (Wildman–Crippen MR) is 59.6 cm³/mol. The van der Waals surface area contributed by atoms with Crippen molar-refractivity contribution in [1.29, 1.82) is 0 Å². The molecule has 0 amide bonds. The van der Waals surface area contributed by atoms with E-state index in [0.29, 0.717) is 5.75 Å². The van der Waals surface area contributed by atoms with Gasteiger partial charge in [0.15, 0.2) is 0 Å². The van der Waals surface area contributed by atoms with Crippen molar-refractivity contribution in [3.63, 3.8) is 0 Å². The molecule has 1 saturated carbocycles. The lowest BCUT2D eigenvalue weighted by Crippen LogP contribution is -2.28. The molecule has 1 aromatic carbocycles. The molecule has 1 aliphatic heterocycles. The Labute approximate surface area is 90.5 Å². The molecule has 0 saturated heterocycles. The van der Waals surface area contributed by atoms with Gasteiger partial charge in [0.05, 0.1) is 0 Å². The third kappa shape index (κ3) is 1.74. The minimum absolute atomic E-state index is 0.402. The fourth-order valence-electron chi connectivity index (χ4n) is 2.62. The molecule has 1 heterocycles. The van der Waals surface area contributed by atoms with Gasteiger partial charge in [0.2, 0.25) is 0 Å². The Kier molecular flexibility index (Phi) is 2.17. The number of aromatic hydroxyl groups is 1. The van der Waals surface area contributed by atoms with E-state index in [4.69, 9.17) is 0 Å². The summed E-state index contributed by atoms with van der Waals surface area (Å²) in [6.07, 6.45) is 4.25. The summed E-state index contributed by atoms with van der Waals surface area (Å²) in [6.45, 7) is 3.35. The molecule has 0 atom stereocenters. The SMILES string of the molecule is Oc1ccc2c(c1)CN(CC1CCC1)C2. The molecular formula is C13H17NO. The van der Waals surface area contributed by atoms with Gasteiger partial charge in [-0.25, -0.2) is 0 Å². The lowest BCUT2D eigenvalue weighted by molar-refractivity contribution is 0.179. The van der Waals surface area contributed by atoms with Crippen molar-refractivity contribution in [2.45, 2.75) is 32.4 Å². The van der Waals surface area contributed by atoms with Crippen LogP contribution < -0.4 is 0 Å². The number of rotatable bonds is 2. The molecule has 0 radical (unpaired) electrons. The third-order valence-corrected chi connectivity index (χ3v) is 3.72. The Morgan fingerprint density at radius 1 is 1.20 bits per heavy atom. The first-order valence-corrected chi connectivity index (χ1v) is 5.84. The first kappa shape index (κ1) is 9.22. The van der Waals surface area contributed by atoms with Gasteiger partial charge < -0.3 is 5.11 Å². The lowest BCUT2D eigenvalue weighted by Gasteiger charge is -2.29. The molecule has 0 unspecified atom stereocenters. The maximum absolute atomic E-state index is 9.40. The number of benzene rings is 1. The largest absolute Gasteiger partial charge is 0.508 e. The molecule has 1 aliphatic carbocycles. The van der Waals surface area contributed by atoms with Crippen molar-refractivity contribution in [1.82, 2.24) is 4.90 Å². The minimum atomic E-state index is 0.402. The molecule has 2 aliphatic rings. The van der Waals surface area contributed by atoms with Crippen LogP contribution in [0, 0.1) is 5.92 Å². The topological polar surface area (TPSA) is 23.5 Å². The third-order valence-electron chi connectivity index (χ3n) is 3.72. The van der Waals surface area contributed by atoms with E-state index in [2.05, 4.69) is 11.0 Å². The normalized spacial score (nSPS) is 21.3. The summed E-state index contributed by atoms with van der Waals surface area (Å²) in [7, 11) is 0. The van der Waals surface area contributed by atoms with E-state index in [1.165, 1.54) is 36.9 Å². The number of hydrogen-bond donors (Lipinski definition) is 1. The molecule has 3 rings (SSSR count). The zero-order chi connectivity index (χ0) is 10.3. The summed E-state index contributed by atoms with van der Waals surface area (Å²) < 4.78 is 0. The van der Waals surface area contributed by atoms with E-state index in [9.17, 15) is 5.11 Å².